The zero-order valence-corrected chi connectivity index (χ0v) is 10.0. The van der Waals surface area contributed by atoms with Crippen LogP contribution >= 0.6 is 11.6 Å². The molecule has 2 heterocycles. The molecular weight excluding hydrogens is 240 g/mol. The average molecular weight is 253 g/mol. The lowest BCUT2D eigenvalue weighted by atomic mass is 10.3. The van der Waals surface area contributed by atoms with Crippen LogP contribution < -0.4 is 0 Å². The summed E-state index contributed by atoms with van der Waals surface area (Å²) in [4.78, 5) is 4.19. The molecule has 0 aliphatic rings. The van der Waals surface area contributed by atoms with Crippen molar-refractivity contribution in [3.05, 3.63) is 35.8 Å². The topological polar surface area (TPSA) is 63.8 Å². The van der Waals surface area contributed by atoms with Gasteiger partial charge < -0.3 is 5.11 Å². The van der Waals surface area contributed by atoms with Crippen LogP contribution in [-0.2, 0) is 13.0 Å². The van der Waals surface area contributed by atoms with E-state index in [1.54, 1.807) is 16.9 Å². The van der Waals surface area contributed by atoms with E-state index in [1.807, 2.05) is 12.3 Å². The van der Waals surface area contributed by atoms with Crippen molar-refractivity contribution in [2.45, 2.75) is 19.4 Å². The molecule has 5 nitrogen and oxygen atoms in total. The van der Waals surface area contributed by atoms with Gasteiger partial charge in [-0.1, -0.05) is 11.3 Å². The van der Waals surface area contributed by atoms with E-state index in [1.165, 1.54) is 0 Å². The number of rotatable bonds is 5. The highest BCUT2D eigenvalue weighted by Crippen LogP contribution is 2.06. The van der Waals surface area contributed by atoms with Crippen molar-refractivity contribution in [3.63, 3.8) is 0 Å². The number of alkyl halides is 1. The Balaban J connectivity index is 2.12. The summed E-state index contributed by atoms with van der Waals surface area (Å²) in [5.74, 6) is 1.31. The fourth-order valence-corrected chi connectivity index (χ4v) is 1.55. The molecule has 0 atom stereocenters. The zero-order valence-electron chi connectivity index (χ0n) is 9.25. The molecule has 0 spiro atoms. The first-order valence-corrected chi connectivity index (χ1v) is 5.90. The maximum absolute atomic E-state index is 8.91. The van der Waals surface area contributed by atoms with Crippen LogP contribution in [0.3, 0.4) is 0 Å². The van der Waals surface area contributed by atoms with Gasteiger partial charge in [-0.25, -0.2) is 9.67 Å². The molecule has 1 N–H and O–H groups in total. The van der Waals surface area contributed by atoms with Gasteiger partial charge in [-0.2, -0.15) is 0 Å². The fourth-order valence-electron chi connectivity index (χ4n) is 1.42. The molecular formula is C11H13ClN4O. The molecule has 17 heavy (non-hydrogen) atoms. The van der Waals surface area contributed by atoms with Gasteiger partial charge in [0.15, 0.2) is 5.82 Å². The molecule has 0 fully saturated rings. The molecule has 6 heteroatoms. The Labute approximate surface area is 104 Å². The van der Waals surface area contributed by atoms with E-state index in [0.29, 0.717) is 11.7 Å². The van der Waals surface area contributed by atoms with Gasteiger partial charge >= 0.3 is 0 Å². The normalized spacial score (nSPS) is 10.7. The molecule has 0 bridgehead atoms. The minimum Gasteiger partial charge on any atom is -0.392 e. The Kier molecular flexibility index (Phi) is 4.06. The molecule has 0 unspecified atom stereocenters. The summed E-state index contributed by atoms with van der Waals surface area (Å²) < 4.78 is 1.62. The number of nitrogens with zero attached hydrogens (tertiary/aromatic N) is 4. The van der Waals surface area contributed by atoms with Crippen LogP contribution in [0.25, 0.3) is 5.82 Å². The molecule has 0 saturated heterocycles. The summed E-state index contributed by atoms with van der Waals surface area (Å²) >= 11 is 5.62. The number of halogens is 1. The number of aliphatic hydroxyl groups is 1. The Bertz CT molecular complexity index is 469. The monoisotopic (exact) mass is 252 g/mol. The second-order valence-corrected chi connectivity index (χ2v) is 4.01. The molecule has 0 amide bonds. The van der Waals surface area contributed by atoms with Gasteiger partial charge in [-0.3, -0.25) is 0 Å². The number of aromatic nitrogens is 4. The molecule has 2 aromatic heterocycles. The lowest BCUT2D eigenvalue weighted by Crippen LogP contribution is -1.98. The molecule has 0 aliphatic carbocycles. The Morgan fingerprint density at radius 1 is 1.35 bits per heavy atom. The highest BCUT2D eigenvalue weighted by atomic mass is 35.5. The molecule has 90 valence electrons. The lowest BCUT2D eigenvalue weighted by Gasteiger charge is -1.99. The number of aryl methyl sites for hydroxylation is 1. The third-order valence-corrected chi connectivity index (χ3v) is 2.60. The van der Waals surface area contributed by atoms with Crippen LogP contribution in [0.1, 0.15) is 17.7 Å². The minimum absolute atomic E-state index is 0.00832. The Hall–Kier alpha value is -1.46. The van der Waals surface area contributed by atoms with Gasteiger partial charge in [0.1, 0.15) is 0 Å². The van der Waals surface area contributed by atoms with E-state index in [0.717, 1.165) is 24.1 Å². The summed E-state index contributed by atoms with van der Waals surface area (Å²) in [5.41, 5.74) is 1.68. The first kappa shape index (κ1) is 12.0. The standard InChI is InChI=1S/C11H13ClN4O/c12-5-1-2-10-7-16(15-14-10)11-4-3-9(8-17)6-13-11/h3-4,6-7,17H,1-2,5,8H2. The smallest absolute Gasteiger partial charge is 0.155 e. The first-order valence-electron chi connectivity index (χ1n) is 5.37. The predicted molar refractivity (Wildman–Crippen MR) is 64.1 cm³/mol. The van der Waals surface area contributed by atoms with Crippen LogP contribution in [-0.4, -0.2) is 31.0 Å². The summed E-state index contributed by atoms with van der Waals surface area (Å²) in [6.45, 7) is -0.00832. The van der Waals surface area contributed by atoms with Gasteiger partial charge in [0.25, 0.3) is 0 Å². The molecule has 0 radical (unpaired) electrons. The van der Waals surface area contributed by atoms with E-state index in [-0.39, 0.29) is 6.61 Å². The Morgan fingerprint density at radius 2 is 2.24 bits per heavy atom. The van der Waals surface area contributed by atoms with E-state index < -0.39 is 0 Å². The van der Waals surface area contributed by atoms with Gasteiger partial charge in [0.05, 0.1) is 18.5 Å². The van der Waals surface area contributed by atoms with Gasteiger partial charge in [0.2, 0.25) is 0 Å². The van der Waals surface area contributed by atoms with Crippen molar-refractivity contribution in [1.29, 1.82) is 0 Å². The quantitative estimate of drug-likeness (QED) is 0.816. The van der Waals surface area contributed by atoms with Crippen molar-refractivity contribution in [1.82, 2.24) is 20.0 Å². The highest BCUT2D eigenvalue weighted by Gasteiger charge is 2.03. The third kappa shape index (κ3) is 3.01. The summed E-state index contributed by atoms with van der Waals surface area (Å²) in [5, 5.41) is 16.9. The molecule has 2 rings (SSSR count). The average Bonchev–Trinajstić information content (AvgIpc) is 2.85. The van der Waals surface area contributed by atoms with Crippen molar-refractivity contribution < 1.29 is 5.11 Å². The summed E-state index contributed by atoms with van der Waals surface area (Å²) in [7, 11) is 0. The van der Waals surface area contributed by atoms with Crippen LogP contribution in [0.2, 0.25) is 0 Å². The van der Waals surface area contributed by atoms with Gasteiger partial charge in [-0.15, -0.1) is 16.7 Å². The predicted octanol–water partition coefficient (Wildman–Crippen LogP) is 1.33. The summed E-state index contributed by atoms with van der Waals surface area (Å²) in [6.07, 6.45) is 5.16. The van der Waals surface area contributed by atoms with Crippen LogP contribution in [0, 0.1) is 0 Å². The fraction of sp³-hybridized carbons (Fsp3) is 0.364. The van der Waals surface area contributed by atoms with Crippen molar-refractivity contribution >= 4 is 11.6 Å². The van der Waals surface area contributed by atoms with Crippen LogP contribution in [0.4, 0.5) is 0 Å². The van der Waals surface area contributed by atoms with Crippen molar-refractivity contribution in [2.24, 2.45) is 0 Å². The van der Waals surface area contributed by atoms with E-state index >= 15 is 0 Å². The Morgan fingerprint density at radius 3 is 2.88 bits per heavy atom. The van der Waals surface area contributed by atoms with E-state index in [9.17, 15) is 0 Å². The number of aliphatic hydroxyl groups excluding tert-OH is 1. The van der Waals surface area contributed by atoms with Crippen molar-refractivity contribution in [3.8, 4) is 5.82 Å². The van der Waals surface area contributed by atoms with Gasteiger partial charge in [0, 0.05) is 12.1 Å². The van der Waals surface area contributed by atoms with E-state index in [4.69, 9.17) is 16.7 Å². The second-order valence-electron chi connectivity index (χ2n) is 3.63. The number of hydrogen-bond acceptors (Lipinski definition) is 4. The van der Waals surface area contributed by atoms with E-state index in [2.05, 4.69) is 15.3 Å². The number of pyridine rings is 1. The third-order valence-electron chi connectivity index (χ3n) is 2.33. The first-order chi connectivity index (χ1) is 8.33. The second kappa shape index (κ2) is 5.75. The summed E-state index contributed by atoms with van der Waals surface area (Å²) in [6, 6.07) is 3.61. The number of hydrogen-bond donors (Lipinski definition) is 1. The van der Waals surface area contributed by atoms with Crippen LogP contribution in [0.5, 0.6) is 0 Å². The largest absolute Gasteiger partial charge is 0.392 e. The minimum atomic E-state index is -0.00832. The maximum Gasteiger partial charge on any atom is 0.155 e. The lowest BCUT2D eigenvalue weighted by molar-refractivity contribution is 0.281. The van der Waals surface area contributed by atoms with Crippen LogP contribution in [0.15, 0.2) is 24.5 Å². The molecule has 0 aromatic carbocycles. The molecule has 0 saturated carbocycles. The van der Waals surface area contributed by atoms with Gasteiger partial charge in [-0.05, 0) is 24.5 Å². The van der Waals surface area contributed by atoms with Crippen molar-refractivity contribution in [2.75, 3.05) is 5.88 Å². The zero-order chi connectivity index (χ0) is 12.1. The highest BCUT2D eigenvalue weighted by molar-refractivity contribution is 6.17. The molecule has 0 aliphatic heterocycles. The maximum atomic E-state index is 8.91. The molecule has 2 aromatic rings. The SMILES string of the molecule is OCc1ccc(-n2cc(CCCCl)nn2)nc1.